The monoisotopic (exact) mass is 166 g/mol. The summed E-state index contributed by atoms with van der Waals surface area (Å²) in [4.78, 5) is 9.96. The minimum Gasteiger partial charge on any atom is -0.481 e. The molecule has 0 spiro atoms. The first-order valence-corrected chi connectivity index (χ1v) is 4.20. The summed E-state index contributed by atoms with van der Waals surface area (Å²) in [5.41, 5.74) is 0. The molecule has 0 bridgehead atoms. The molecule has 0 heterocycles. The van der Waals surface area contributed by atoms with E-state index >= 15 is 0 Å². The normalized spacial score (nSPS) is 7.58. The van der Waals surface area contributed by atoms with Gasteiger partial charge >= 0.3 is 24.8 Å². The standard InChI is InChI=1S/C7H14O2.C2H5.Li/c1-2-3-4-5-6-7(8)9;1-2;/h2-6H2,1H3,(H,8,9);1H2,2H3;/q;-1;+1. The van der Waals surface area contributed by atoms with Crippen LogP contribution in [0.3, 0.4) is 0 Å². The second kappa shape index (κ2) is 17.2. The summed E-state index contributed by atoms with van der Waals surface area (Å²) >= 11 is 0. The predicted octanol–water partition coefficient (Wildman–Crippen LogP) is -0.114. The Bertz CT molecular complexity index is 84.6. The number of carbonyl (C=O) groups is 1. The largest absolute Gasteiger partial charge is 1.00 e. The maximum Gasteiger partial charge on any atom is 1.00 e. The molecule has 3 heteroatoms. The molecule has 1 N–H and O–H groups in total. The molecule has 0 fully saturated rings. The summed E-state index contributed by atoms with van der Waals surface area (Å²) in [5.74, 6) is -0.675. The fraction of sp³-hybridized carbons (Fsp3) is 0.778. The number of hydrogen-bond acceptors (Lipinski definition) is 1. The van der Waals surface area contributed by atoms with E-state index in [1.165, 1.54) is 6.42 Å². The van der Waals surface area contributed by atoms with Gasteiger partial charge in [0.25, 0.3) is 0 Å². The molecule has 0 amide bonds. The van der Waals surface area contributed by atoms with Gasteiger partial charge in [0.1, 0.15) is 0 Å². The topological polar surface area (TPSA) is 37.3 Å². The predicted molar refractivity (Wildman–Crippen MR) is 47.4 cm³/mol. The summed E-state index contributed by atoms with van der Waals surface area (Å²) in [5, 5.41) is 8.21. The van der Waals surface area contributed by atoms with Crippen molar-refractivity contribution < 1.29 is 28.8 Å². The van der Waals surface area contributed by atoms with Crippen molar-refractivity contribution in [3.8, 4) is 0 Å². The first-order valence-electron chi connectivity index (χ1n) is 4.20. The second-order valence-corrected chi connectivity index (χ2v) is 2.20. The number of carboxylic acids is 1. The van der Waals surface area contributed by atoms with Crippen molar-refractivity contribution in [2.45, 2.75) is 46.0 Å². The number of hydrogen-bond donors (Lipinski definition) is 1. The van der Waals surface area contributed by atoms with Gasteiger partial charge in [-0.15, -0.1) is 0 Å². The molecule has 0 radical (unpaired) electrons. The maximum absolute atomic E-state index is 9.96. The van der Waals surface area contributed by atoms with Gasteiger partial charge in [-0.05, 0) is 6.42 Å². The van der Waals surface area contributed by atoms with E-state index in [1.807, 2.05) is 0 Å². The van der Waals surface area contributed by atoms with Gasteiger partial charge in [-0.1, -0.05) is 26.2 Å². The number of carboxylic acid groups (broad SMARTS) is 1. The molecule has 0 unspecified atom stereocenters. The van der Waals surface area contributed by atoms with Crippen molar-refractivity contribution >= 4 is 5.97 Å². The quantitative estimate of drug-likeness (QED) is 0.351. The molecule has 0 aliphatic heterocycles. The zero-order valence-electron chi connectivity index (χ0n) is 8.60. The van der Waals surface area contributed by atoms with Gasteiger partial charge in [0.05, 0.1) is 0 Å². The first-order chi connectivity index (χ1) is 5.27. The molecule has 12 heavy (non-hydrogen) atoms. The Balaban J connectivity index is -0.000000249. The van der Waals surface area contributed by atoms with E-state index < -0.39 is 5.97 Å². The zero-order chi connectivity index (χ0) is 9.11. The fourth-order valence-corrected chi connectivity index (χ4v) is 0.703. The van der Waals surface area contributed by atoms with Crippen molar-refractivity contribution in [2.75, 3.05) is 0 Å². The van der Waals surface area contributed by atoms with E-state index in [2.05, 4.69) is 13.8 Å². The van der Waals surface area contributed by atoms with Crippen LogP contribution in [0.1, 0.15) is 46.0 Å². The molecule has 2 nitrogen and oxygen atoms in total. The Labute approximate surface area is 87.9 Å². The fourth-order valence-electron chi connectivity index (χ4n) is 0.703. The molecule has 0 aromatic carbocycles. The molecule has 0 aliphatic carbocycles. The first kappa shape index (κ1) is 18.0. The third-order valence-corrected chi connectivity index (χ3v) is 1.24. The Morgan fingerprint density at radius 1 is 1.25 bits per heavy atom. The van der Waals surface area contributed by atoms with Crippen LogP contribution in [-0.2, 0) is 4.79 Å². The van der Waals surface area contributed by atoms with Crippen LogP contribution in [0.4, 0.5) is 0 Å². The van der Waals surface area contributed by atoms with Crippen LogP contribution in [-0.4, -0.2) is 11.1 Å². The van der Waals surface area contributed by atoms with Crippen LogP contribution in [0, 0.1) is 6.92 Å². The second-order valence-electron chi connectivity index (χ2n) is 2.20. The van der Waals surface area contributed by atoms with Crippen LogP contribution in [0.15, 0.2) is 0 Å². The van der Waals surface area contributed by atoms with Crippen molar-refractivity contribution in [1.82, 2.24) is 0 Å². The summed E-state index contributed by atoms with van der Waals surface area (Å²) in [6.07, 6.45) is 4.55. The third-order valence-electron chi connectivity index (χ3n) is 1.24. The minimum absolute atomic E-state index is 0. The van der Waals surface area contributed by atoms with Crippen molar-refractivity contribution in [1.29, 1.82) is 0 Å². The summed E-state index contributed by atoms with van der Waals surface area (Å²) < 4.78 is 0. The van der Waals surface area contributed by atoms with Gasteiger partial charge in [0, 0.05) is 6.42 Å². The van der Waals surface area contributed by atoms with Crippen LogP contribution < -0.4 is 18.9 Å². The average molecular weight is 166 g/mol. The van der Waals surface area contributed by atoms with Gasteiger partial charge in [-0.25, -0.2) is 0 Å². The van der Waals surface area contributed by atoms with Crippen molar-refractivity contribution in [3.63, 3.8) is 0 Å². The zero-order valence-corrected chi connectivity index (χ0v) is 8.60. The number of unbranched alkanes of at least 4 members (excludes halogenated alkanes) is 3. The molecule has 0 saturated heterocycles. The van der Waals surface area contributed by atoms with E-state index in [-0.39, 0.29) is 18.9 Å². The smallest absolute Gasteiger partial charge is 0.481 e. The Morgan fingerprint density at radius 3 is 2.08 bits per heavy atom. The van der Waals surface area contributed by atoms with Gasteiger partial charge in [0.15, 0.2) is 0 Å². The Morgan fingerprint density at radius 2 is 1.75 bits per heavy atom. The van der Waals surface area contributed by atoms with Crippen LogP contribution in [0.5, 0.6) is 0 Å². The van der Waals surface area contributed by atoms with E-state index in [0.29, 0.717) is 6.42 Å². The van der Waals surface area contributed by atoms with Gasteiger partial charge < -0.3 is 12.0 Å². The minimum atomic E-state index is -0.675. The van der Waals surface area contributed by atoms with E-state index in [0.717, 1.165) is 19.3 Å². The number of rotatable bonds is 5. The van der Waals surface area contributed by atoms with Gasteiger partial charge in [-0.2, -0.15) is 6.92 Å². The van der Waals surface area contributed by atoms with Gasteiger partial charge in [-0.3, -0.25) is 4.79 Å². The molecule has 0 saturated carbocycles. The molecular weight excluding hydrogens is 147 g/mol. The molecule has 0 aromatic heterocycles. The van der Waals surface area contributed by atoms with Gasteiger partial charge in [0.2, 0.25) is 0 Å². The van der Waals surface area contributed by atoms with Crippen LogP contribution in [0.2, 0.25) is 0 Å². The molecule has 0 rings (SSSR count). The molecular formula is C9H19LiO2. The van der Waals surface area contributed by atoms with Crippen LogP contribution in [0.25, 0.3) is 0 Å². The third kappa shape index (κ3) is 22.5. The van der Waals surface area contributed by atoms with Crippen LogP contribution >= 0.6 is 0 Å². The summed E-state index contributed by atoms with van der Waals surface area (Å²) in [6.45, 7) is 7.11. The Kier molecular flexibility index (Phi) is 25.8. The molecule has 68 valence electrons. The summed E-state index contributed by atoms with van der Waals surface area (Å²) in [7, 11) is 0. The molecule has 0 aliphatic rings. The Hall–Kier alpha value is 0.0674. The molecule has 0 aromatic rings. The van der Waals surface area contributed by atoms with Crippen molar-refractivity contribution in [3.05, 3.63) is 6.92 Å². The number of aliphatic carboxylic acids is 1. The molecule has 0 atom stereocenters. The van der Waals surface area contributed by atoms with E-state index in [4.69, 9.17) is 5.11 Å². The van der Waals surface area contributed by atoms with E-state index in [9.17, 15) is 4.79 Å². The average Bonchev–Trinajstić information content (AvgIpc) is 2.02. The SMILES string of the molecule is CCCCCCC(=O)O.[CH2-]C.[Li+]. The summed E-state index contributed by atoms with van der Waals surface area (Å²) in [6, 6.07) is 0. The maximum atomic E-state index is 9.96. The van der Waals surface area contributed by atoms with E-state index in [1.54, 1.807) is 6.92 Å². The van der Waals surface area contributed by atoms with Crippen molar-refractivity contribution in [2.24, 2.45) is 0 Å².